The Bertz CT molecular complexity index is 1390. The zero-order chi connectivity index (χ0) is 36.9. The van der Waals surface area contributed by atoms with Crippen LogP contribution in [0.1, 0.15) is 70.8 Å². The molecular weight excluding hydrogens is 668 g/mol. The number of amides is 4. The zero-order valence-corrected chi connectivity index (χ0v) is 28.0. The maximum absolute atomic E-state index is 13.0. The molecule has 1 fully saturated rings. The molecule has 0 aromatic heterocycles. The third kappa shape index (κ3) is 13.9. The van der Waals surface area contributed by atoms with Crippen LogP contribution < -0.4 is 32.3 Å². The van der Waals surface area contributed by atoms with Crippen molar-refractivity contribution in [3.05, 3.63) is 28.4 Å². The molecule has 0 spiro atoms. The Kier molecular flexibility index (Phi) is 15.7. The second-order valence-electron chi connectivity index (χ2n) is 12.3. The molecule has 272 valence electrons. The Morgan fingerprint density at radius 2 is 1.69 bits per heavy atom. The van der Waals surface area contributed by atoms with Gasteiger partial charge in [-0.1, -0.05) is 18.0 Å². The highest BCUT2D eigenvalue weighted by molar-refractivity contribution is 6.33. The van der Waals surface area contributed by atoms with Crippen LogP contribution in [0.3, 0.4) is 0 Å². The average Bonchev–Trinajstić information content (AvgIpc) is 3.54. The largest absolute Gasteiger partial charge is 0.506 e. The number of carbonyl (C=O) groups is 6. The van der Waals surface area contributed by atoms with Gasteiger partial charge in [0, 0.05) is 25.4 Å². The van der Waals surface area contributed by atoms with Gasteiger partial charge in [-0.25, -0.2) is 9.59 Å². The summed E-state index contributed by atoms with van der Waals surface area (Å²) in [7, 11) is 0. The van der Waals surface area contributed by atoms with Gasteiger partial charge < -0.3 is 57.9 Å². The molecule has 1 saturated heterocycles. The Morgan fingerprint density at radius 3 is 2.24 bits per heavy atom. The Balaban J connectivity index is 1.80. The quantitative estimate of drug-likeness (QED) is 0.0647. The number of aliphatic hydroxyl groups is 1. The number of hydrogen-bond donors (Lipinski definition) is 11. The number of aromatic hydroxyl groups is 2. The molecule has 12 N–H and O–H groups in total. The van der Waals surface area contributed by atoms with E-state index >= 15 is 0 Å². The summed E-state index contributed by atoms with van der Waals surface area (Å²) in [5.41, 5.74) is 3.52. The van der Waals surface area contributed by atoms with Crippen LogP contribution in [0.15, 0.2) is 17.8 Å². The first-order chi connectivity index (χ1) is 22.9. The molecule has 1 heterocycles. The normalized spacial score (nSPS) is 16.6. The van der Waals surface area contributed by atoms with Crippen molar-refractivity contribution in [1.29, 1.82) is 0 Å². The number of unbranched alkanes of at least 4 members (excludes halogenated alkanes) is 1. The highest BCUT2D eigenvalue weighted by Gasteiger charge is 2.36. The summed E-state index contributed by atoms with van der Waals surface area (Å²) in [6.45, 7) is 3.42. The van der Waals surface area contributed by atoms with Gasteiger partial charge in [-0.3, -0.25) is 19.2 Å². The van der Waals surface area contributed by atoms with Gasteiger partial charge in [0.15, 0.2) is 0 Å². The summed E-state index contributed by atoms with van der Waals surface area (Å²) in [6.07, 6.45) is 3.31. The molecule has 1 aromatic rings. The molecular formula is C31H45ClN6O11. The van der Waals surface area contributed by atoms with E-state index < -0.39 is 76.6 Å². The van der Waals surface area contributed by atoms with Gasteiger partial charge in [0.25, 0.3) is 0 Å². The highest BCUT2D eigenvalue weighted by atomic mass is 35.5. The van der Waals surface area contributed by atoms with E-state index in [0.29, 0.717) is 32.2 Å². The minimum absolute atomic E-state index is 0.0176. The highest BCUT2D eigenvalue weighted by Crippen LogP contribution is 2.34. The predicted octanol–water partition coefficient (Wildman–Crippen LogP) is -0.346. The van der Waals surface area contributed by atoms with Gasteiger partial charge in [-0.15, -0.1) is 0 Å². The van der Waals surface area contributed by atoms with Crippen LogP contribution in [0.5, 0.6) is 11.5 Å². The van der Waals surface area contributed by atoms with Crippen LogP contribution in [-0.4, -0.2) is 104 Å². The number of rotatable bonds is 19. The molecule has 17 nitrogen and oxygen atoms in total. The van der Waals surface area contributed by atoms with Crippen molar-refractivity contribution in [2.45, 2.75) is 95.0 Å². The molecule has 49 heavy (non-hydrogen) atoms. The number of phenolic OH excluding ortho intramolecular Hbond substituents is 2. The third-order valence-corrected chi connectivity index (χ3v) is 7.94. The first-order valence-corrected chi connectivity index (χ1v) is 16.0. The molecule has 4 atom stereocenters. The first-order valence-electron chi connectivity index (χ1n) is 15.7. The van der Waals surface area contributed by atoms with E-state index in [1.54, 1.807) is 0 Å². The molecule has 18 heteroatoms. The number of hydrogen-bond acceptors (Lipinski definition) is 11. The summed E-state index contributed by atoms with van der Waals surface area (Å²) in [5.74, 6) is -6.44. The zero-order valence-electron chi connectivity index (χ0n) is 27.3. The standard InChI is InChI=1S/C31H45ClN6O11/c1-31(2,49)26(28(44)37-20(30(47)48)12-16-13-21(39)25(32)22(40)14-16)38-24(42)15-17(33)6-3-4-10-35-23(41)9-8-19(29(45)46)36-27(43)18-7-5-11-34-18/h12-14,17-19,26,34,39-40,49H,3-11,15,33H2,1-2H3,(H,35,41)(H,36,43)(H,37,44)(H,38,42)(H,45,46)(H,47,48). The second kappa shape index (κ2) is 18.9. The monoisotopic (exact) mass is 712 g/mol. The van der Waals surface area contributed by atoms with Crippen LogP contribution in [0.2, 0.25) is 5.02 Å². The molecule has 0 bridgehead atoms. The van der Waals surface area contributed by atoms with Gasteiger partial charge in [0.2, 0.25) is 23.6 Å². The molecule has 0 saturated carbocycles. The fourth-order valence-electron chi connectivity index (χ4n) is 4.91. The Morgan fingerprint density at radius 1 is 1.04 bits per heavy atom. The molecule has 1 aromatic carbocycles. The van der Waals surface area contributed by atoms with E-state index in [4.69, 9.17) is 17.3 Å². The third-order valence-electron chi connectivity index (χ3n) is 7.55. The van der Waals surface area contributed by atoms with E-state index in [1.165, 1.54) is 13.8 Å². The van der Waals surface area contributed by atoms with Crippen molar-refractivity contribution >= 4 is 53.2 Å². The predicted molar refractivity (Wildman–Crippen MR) is 176 cm³/mol. The number of nitrogens with two attached hydrogens (primary N) is 1. The lowest BCUT2D eigenvalue weighted by molar-refractivity contribution is -0.142. The van der Waals surface area contributed by atoms with E-state index in [-0.39, 0.29) is 42.3 Å². The van der Waals surface area contributed by atoms with Crippen molar-refractivity contribution in [2.24, 2.45) is 5.73 Å². The van der Waals surface area contributed by atoms with Crippen LogP contribution in [0.25, 0.3) is 6.08 Å². The van der Waals surface area contributed by atoms with Gasteiger partial charge in [0.05, 0.1) is 11.6 Å². The molecule has 4 amide bonds. The van der Waals surface area contributed by atoms with Crippen molar-refractivity contribution < 1.29 is 54.3 Å². The van der Waals surface area contributed by atoms with Gasteiger partial charge in [-0.2, -0.15) is 0 Å². The molecule has 0 radical (unpaired) electrons. The van der Waals surface area contributed by atoms with E-state index in [9.17, 15) is 54.3 Å². The average molecular weight is 713 g/mol. The van der Waals surface area contributed by atoms with Gasteiger partial charge in [0.1, 0.15) is 34.3 Å². The number of benzene rings is 1. The van der Waals surface area contributed by atoms with Crippen molar-refractivity contribution in [3.63, 3.8) is 0 Å². The SMILES string of the molecule is CC(C)(O)C(NC(=O)CC(N)CCCCNC(=O)CCC(NC(=O)C1CCCN1)C(=O)O)C(=O)NC(=Cc1cc(O)c(Cl)c(O)c1)C(=O)O. The van der Waals surface area contributed by atoms with E-state index in [0.717, 1.165) is 24.6 Å². The smallest absolute Gasteiger partial charge is 0.352 e. The lowest BCUT2D eigenvalue weighted by atomic mass is 9.97. The summed E-state index contributed by atoms with van der Waals surface area (Å²) >= 11 is 5.69. The number of carboxylic acids is 2. The maximum atomic E-state index is 13.0. The number of halogens is 1. The lowest BCUT2D eigenvalue weighted by Gasteiger charge is -2.29. The number of carboxylic acid groups (broad SMARTS) is 2. The van der Waals surface area contributed by atoms with Crippen LogP contribution in [0, 0.1) is 0 Å². The van der Waals surface area contributed by atoms with Crippen molar-refractivity contribution in [2.75, 3.05) is 13.1 Å². The topological polar surface area (TPSA) is 290 Å². The maximum Gasteiger partial charge on any atom is 0.352 e. The molecule has 1 aliphatic rings. The molecule has 2 rings (SSSR count). The lowest BCUT2D eigenvalue weighted by Crippen LogP contribution is -2.58. The number of carbonyl (C=O) groups excluding carboxylic acids is 4. The fourth-order valence-corrected chi connectivity index (χ4v) is 5.01. The molecule has 4 unspecified atom stereocenters. The second-order valence-corrected chi connectivity index (χ2v) is 12.7. The van der Waals surface area contributed by atoms with E-state index in [2.05, 4.69) is 26.6 Å². The summed E-state index contributed by atoms with van der Waals surface area (Å²) < 4.78 is 0. The summed E-state index contributed by atoms with van der Waals surface area (Å²) in [4.78, 5) is 73.4. The Hall–Kier alpha value is -4.45. The van der Waals surface area contributed by atoms with Crippen LogP contribution >= 0.6 is 11.6 Å². The molecule has 1 aliphatic heterocycles. The van der Waals surface area contributed by atoms with Crippen LogP contribution in [-0.2, 0) is 28.8 Å². The van der Waals surface area contributed by atoms with Crippen molar-refractivity contribution in [3.8, 4) is 11.5 Å². The summed E-state index contributed by atoms with van der Waals surface area (Å²) in [6, 6.07) is -1.79. The van der Waals surface area contributed by atoms with Crippen molar-refractivity contribution in [1.82, 2.24) is 26.6 Å². The minimum atomic E-state index is -1.84. The fraction of sp³-hybridized carbons (Fsp3) is 0.548. The Labute approximate surface area is 287 Å². The van der Waals surface area contributed by atoms with Crippen LogP contribution in [0.4, 0.5) is 0 Å². The summed E-state index contributed by atoms with van der Waals surface area (Å²) in [5, 5.41) is 61.4. The molecule has 0 aliphatic carbocycles. The number of phenols is 2. The first kappa shape index (κ1) is 40.7. The van der Waals surface area contributed by atoms with E-state index in [1.807, 2.05) is 0 Å². The van der Waals surface area contributed by atoms with Gasteiger partial charge >= 0.3 is 11.9 Å². The number of aliphatic carboxylic acids is 2. The number of nitrogens with one attached hydrogen (secondary N) is 5. The van der Waals surface area contributed by atoms with Gasteiger partial charge in [-0.05, 0) is 76.3 Å². The minimum Gasteiger partial charge on any atom is -0.506 e.